The summed E-state index contributed by atoms with van der Waals surface area (Å²) in [5.41, 5.74) is -0.0977. The summed E-state index contributed by atoms with van der Waals surface area (Å²) in [7, 11) is -1.34. The van der Waals surface area contributed by atoms with Crippen molar-refractivity contribution in [3.63, 3.8) is 0 Å². The van der Waals surface area contributed by atoms with Gasteiger partial charge in [-0.15, -0.1) is 0 Å². The van der Waals surface area contributed by atoms with Crippen LogP contribution in [0.5, 0.6) is 11.5 Å². The maximum atomic E-state index is 15.8. The van der Waals surface area contributed by atoms with Gasteiger partial charge < -0.3 is 9.47 Å². The maximum absolute atomic E-state index is 15.8. The molecular weight excluding hydrogens is 638 g/mol. The highest BCUT2D eigenvalue weighted by Crippen LogP contribution is 2.49. The summed E-state index contributed by atoms with van der Waals surface area (Å²) in [6.07, 6.45) is 22.6. The highest BCUT2D eigenvalue weighted by Gasteiger charge is 2.53. The SMILES string of the molecule is CCCCCCCCOc1ccc(-c2cnc(-c3ccc4c(c3F)C(F)(F)C([SiH2]C(C)CCCCCCC(C)CCCCC)O4)nc2)cc1. The van der Waals surface area contributed by atoms with Crippen LogP contribution in [0.3, 0.4) is 0 Å². The minimum absolute atomic E-state index is 0.0398. The van der Waals surface area contributed by atoms with Gasteiger partial charge >= 0.3 is 5.92 Å². The Bertz CT molecular complexity index is 1390. The predicted molar refractivity (Wildman–Crippen MR) is 199 cm³/mol. The molecule has 4 nitrogen and oxygen atoms in total. The van der Waals surface area contributed by atoms with E-state index >= 15 is 13.2 Å². The average molecular weight is 697 g/mol. The van der Waals surface area contributed by atoms with Gasteiger partial charge in [0.1, 0.15) is 28.6 Å². The number of hydrogen-bond acceptors (Lipinski definition) is 4. The van der Waals surface area contributed by atoms with E-state index in [0.29, 0.717) is 6.61 Å². The molecule has 0 saturated carbocycles. The van der Waals surface area contributed by atoms with Gasteiger partial charge in [-0.2, -0.15) is 8.78 Å². The second-order valence-electron chi connectivity index (χ2n) is 14.4. The van der Waals surface area contributed by atoms with Gasteiger partial charge in [0.05, 0.1) is 21.7 Å². The molecular formula is C41H59F3N2O2Si. The zero-order valence-electron chi connectivity index (χ0n) is 30.4. The first kappa shape index (κ1) is 38.9. The molecule has 0 saturated heterocycles. The summed E-state index contributed by atoms with van der Waals surface area (Å²) in [6, 6.07) is 10.6. The summed E-state index contributed by atoms with van der Waals surface area (Å²) in [4.78, 5) is 8.72. The minimum atomic E-state index is -3.37. The zero-order valence-corrected chi connectivity index (χ0v) is 31.8. The standard InChI is InChI=1S/C41H59F3N2O2Si/c1-5-7-9-10-13-17-27-47-34-23-21-32(22-24-34)33-28-45-39(46-29-33)35-25-26-36-37(38(35)42)41(43,44)40(48-36)49-31(4)20-16-12-11-15-19-30(3)18-14-8-6-2/h21-26,28-31,40H,5-20,27,49H2,1-4H3. The number of alkyl halides is 2. The Hall–Kier alpha value is -2.87. The number of benzene rings is 2. The molecule has 0 bridgehead atoms. The van der Waals surface area contributed by atoms with Crippen molar-refractivity contribution in [3.8, 4) is 34.0 Å². The molecule has 3 atom stereocenters. The fourth-order valence-electron chi connectivity index (χ4n) is 6.87. The first-order valence-electron chi connectivity index (χ1n) is 19.2. The van der Waals surface area contributed by atoms with Crippen molar-refractivity contribution < 1.29 is 22.6 Å². The van der Waals surface area contributed by atoms with Gasteiger partial charge in [0.2, 0.25) is 0 Å². The number of halogens is 3. The van der Waals surface area contributed by atoms with E-state index in [4.69, 9.17) is 9.47 Å². The molecule has 3 unspecified atom stereocenters. The van der Waals surface area contributed by atoms with Crippen LogP contribution in [-0.2, 0) is 5.92 Å². The number of ether oxygens (including phenoxy) is 2. The van der Waals surface area contributed by atoms with Gasteiger partial charge in [0, 0.05) is 18.0 Å². The Balaban J connectivity index is 1.26. The third kappa shape index (κ3) is 11.6. The fourth-order valence-corrected chi connectivity index (χ4v) is 8.90. The molecule has 2 heterocycles. The lowest BCUT2D eigenvalue weighted by Crippen LogP contribution is -2.37. The minimum Gasteiger partial charge on any atom is -0.494 e. The Labute approximate surface area is 295 Å². The number of hydrogen-bond donors (Lipinski definition) is 0. The Morgan fingerprint density at radius 2 is 1.35 bits per heavy atom. The van der Waals surface area contributed by atoms with Gasteiger partial charge in [-0.3, -0.25) is 0 Å². The lowest BCUT2D eigenvalue weighted by atomic mass is 9.96. The van der Waals surface area contributed by atoms with Gasteiger partial charge in [0.25, 0.3) is 0 Å². The number of unbranched alkanes of at least 4 members (excludes halogenated alkanes) is 10. The molecule has 0 N–H and O–H groups in total. The van der Waals surface area contributed by atoms with Gasteiger partial charge in [0.15, 0.2) is 5.82 Å². The number of nitrogens with zero attached hydrogens (tertiary/aromatic N) is 2. The van der Waals surface area contributed by atoms with Crippen LogP contribution < -0.4 is 9.47 Å². The largest absolute Gasteiger partial charge is 0.494 e. The smallest absolute Gasteiger partial charge is 0.311 e. The molecule has 0 fully saturated rings. The number of rotatable bonds is 23. The molecule has 1 aromatic heterocycles. The molecule has 1 aliphatic heterocycles. The summed E-state index contributed by atoms with van der Waals surface area (Å²) in [6.45, 7) is 9.56. The van der Waals surface area contributed by atoms with Crippen LogP contribution in [0.25, 0.3) is 22.5 Å². The van der Waals surface area contributed by atoms with E-state index in [0.717, 1.165) is 48.5 Å². The van der Waals surface area contributed by atoms with Crippen LogP contribution in [-0.4, -0.2) is 31.8 Å². The Morgan fingerprint density at radius 1 is 0.755 bits per heavy atom. The summed E-state index contributed by atoms with van der Waals surface area (Å²) in [5.74, 6) is -2.75. The topological polar surface area (TPSA) is 44.2 Å². The molecule has 3 aromatic rings. The van der Waals surface area contributed by atoms with Gasteiger partial charge in [-0.25, -0.2) is 14.4 Å². The van der Waals surface area contributed by atoms with Crippen molar-refractivity contribution in [2.24, 2.45) is 5.92 Å². The van der Waals surface area contributed by atoms with Crippen LogP contribution in [0.2, 0.25) is 5.54 Å². The monoisotopic (exact) mass is 696 g/mol. The molecule has 0 spiro atoms. The molecule has 2 aromatic carbocycles. The van der Waals surface area contributed by atoms with E-state index in [-0.39, 0.29) is 22.7 Å². The lowest BCUT2D eigenvalue weighted by molar-refractivity contribution is -0.0451. The summed E-state index contributed by atoms with van der Waals surface area (Å²) < 4.78 is 58.8. The lowest BCUT2D eigenvalue weighted by Gasteiger charge is -2.21. The van der Waals surface area contributed by atoms with Crippen LogP contribution in [0.15, 0.2) is 48.8 Å². The number of fused-ring (bicyclic) bond motifs is 1. The van der Waals surface area contributed by atoms with E-state index in [9.17, 15) is 0 Å². The second-order valence-corrected chi connectivity index (χ2v) is 17.0. The van der Waals surface area contributed by atoms with Gasteiger partial charge in [-0.05, 0) is 42.2 Å². The second kappa shape index (κ2) is 20.1. The van der Waals surface area contributed by atoms with Crippen LogP contribution in [0.1, 0.15) is 136 Å². The van der Waals surface area contributed by atoms with E-state index < -0.39 is 32.6 Å². The van der Waals surface area contributed by atoms with Crippen molar-refractivity contribution in [1.29, 1.82) is 0 Å². The van der Waals surface area contributed by atoms with Crippen molar-refractivity contribution in [3.05, 3.63) is 60.2 Å². The molecule has 0 aliphatic carbocycles. The van der Waals surface area contributed by atoms with Crippen molar-refractivity contribution >= 4 is 9.52 Å². The molecule has 270 valence electrons. The van der Waals surface area contributed by atoms with Crippen LogP contribution in [0, 0.1) is 11.7 Å². The quantitative estimate of drug-likeness (QED) is 0.0731. The van der Waals surface area contributed by atoms with Crippen LogP contribution >= 0.6 is 0 Å². The number of aromatic nitrogens is 2. The van der Waals surface area contributed by atoms with E-state index in [2.05, 4.69) is 37.7 Å². The molecule has 1 aliphatic rings. The fraction of sp³-hybridized carbons (Fsp3) is 0.610. The molecule has 4 rings (SSSR count). The van der Waals surface area contributed by atoms with Gasteiger partial charge in [-0.1, -0.05) is 142 Å². The highest BCUT2D eigenvalue weighted by atomic mass is 28.2. The van der Waals surface area contributed by atoms with Crippen molar-refractivity contribution in [1.82, 2.24) is 9.97 Å². The highest BCUT2D eigenvalue weighted by molar-refractivity contribution is 6.39. The summed E-state index contributed by atoms with van der Waals surface area (Å²) >= 11 is 0. The Morgan fingerprint density at radius 3 is 2.04 bits per heavy atom. The van der Waals surface area contributed by atoms with E-state index in [1.54, 1.807) is 12.4 Å². The molecule has 0 amide bonds. The molecule has 49 heavy (non-hydrogen) atoms. The van der Waals surface area contributed by atoms with E-state index in [1.807, 2.05) is 24.3 Å². The summed E-state index contributed by atoms with van der Waals surface area (Å²) in [5, 5.41) is 0. The first-order chi connectivity index (χ1) is 23.7. The molecule has 8 heteroatoms. The third-order valence-corrected chi connectivity index (χ3v) is 12.3. The maximum Gasteiger partial charge on any atom is 0.311 e. The van der Waals surface area contributed by atoms with E-state index in [1.165, 1.54) is 89.2 Å². The van der Waals surface area contributed by atoms with Crippen LogP contribution in [0.4, 0.5) is 13.2 Å². The average Bonchev–Trinajstić information content (AvgIpc) is 3.35. The normalized spacial score (nSPS) is 16.5. The van der Waals surface area contributed by atoms with Crippen molar-refractivity contribution in [2.45, 2.75) is 148 Å². The zero-order chi connectivity index (χ0) is 35.1. The van der Waals surface area contributed by atoms with Crippen molar-refractivity contribution in [2.75, 3.05) is 6.61 Å². The first-order valence-corrected chi connectivity index (χ1v) is 20.8. The third-order valence-electron chi connectivity index (χ3n) is 10.0. The Kier molecular flexibility index (Phi) is 16.0. The molecule has 0 radical (unpaired) electrons. The predicted octanol–water partition coefficient (Wildman–Crippen LogP) is 12.0.